The predicted molar refractivity (Wildman–Crippen MR) is 58.7 cm³/mol. The van der Waals surface area contributed by atoms with Gasteiger partial charge in [-0.05, 0) is 0 Å². The third-order valence-electron chi connectivity index (χ3n) is 3.25. The van der Waals surface area contributed by atoms with Crippen molar-refractivity contribution in [2.45, 2.75) is 24.5 Å². The van der Waals surface area contributed by atoms with Crippen LogP contribution in [0.1, 0.15) is 0 Å². The van der Waals surface area contributed by atoms with Gasteiger partial charge in [-0.25, -0.2) is 14.3 Å². The first-order valence-electron chi connectivity index (χ1n) is 5.56. The second-order valence-corrected chi connectivity index (χ2v) is 4.43. The Balaban J connectivity index is 2.33. The molecule has 0 saturated carbocycles. The maximum atomic E-state index is 12.5. The van der Waals surface area contributed by atoms with Gasteiger partial charge in [-0.2, -0.15) is 0 Å². The van der Waals surface area contributed by atoms with Crippen molar-refractivity contribution >= 4 is 11.9 Å². The van der Waals surface area contributed by atoms with E-state index in [0.29, 0.717) is 4.90 Å². The molecule has 1 fully saturated rings. The summed E-state index contributed by atoms with van der Waals surface area (Å²) in [4.78, 5) is 23.7. The van der Waals surface area contributed by atoms with Crippen LogP contribution in [0.15, 0.2) is 12.3 Å². The number of ether oxygens (including phenoxy) is 1. The lowest BCUT2D eigenvalue weighted by Gasteiger charge is -2.43. The van der Waals surface area contributed by atoms with Crippen LogP contribution in [-0.4, -0.2) is 75.0 Å². The van der Waals surface area contributed by atoms with Crippen LogP contribution in [0.3, 0.4) is 0 Å². The molecule has 3 N–H and O–H groups in total. The second-order valence-electron chi connectivity index (χ2n) is 4.43. The molecule has 0 aliphatic carbocycles. The highest BCUT2D eigenvalue weighted by molar-refractivity contribution is 6.00. The SMILES string of the molecule is CN1C(=O)C=C[N+]([O-])([C@@H]2O[C@H](CO)[C@@H](O)[C@H]2O)C1=O. The van der Waals surface area contributed by atoms with Crippen molar-refractivity contribution in [3.63, 3.8) is 0 Å². The van der Waals surface area contributed by atoms with Crippen LogP contribution < -0.4 is 0 Å². The van der Waals surface area contributed by atoms with E-state index >= 15 is 0 Å². The first kappa shape index (κ1) is 14.1. The van der Waals surface area contributed by atoms with E-state index in [-0.39, 0.29) is 0 Å². The minimum absolute atomic E-state index is 0.599. The van der Waals surface area contributed by atoms with E-state index in [4.69, 9.17) is 9.84 Å². The van der Waals surface area contributed by atoms with Gasteiger partial charge in [0.1, 0.15) is 18.4 Å². The molecule has 2 aliphatic rings. The van der Waals surface area contributed by atoms with Gasteiger partial charge < -0.3 is 25.3 Å². The predicted octanol–water partition coefficient (Wildman–Crippen LogP) is -2.15. The molecule has 2 aliphatic heterocycles. The van der Waals surface area contributed by atoms with Crippen molar-refractivity contribution in [3.8, 4) is 0 Å². The Kier molecular flexibility index (Phi) is 3.43. The van der Waals surface area contributed by atoms with Crippen molar-refractivity contribution in [3.05, 3.63) is 17.5 Å². The molecule has 0 aromatic heterocycles. The molecule has 2 rings (SSSR count). The summed E-state index contributed by atoms with van der Waals surface area (Å²) in [5, 5.41) is 40.7. The monoisotopic (exact) mass is 274 g/mol. The van der Waals surface area contributed by atoms with Gasteiger partial charge in [0.15, 0.2) is 6.10 Å². The minimum atomic E-state index is -1.75. The third kappa shape index (κ3) is 1.96. The first-order valence-corrected chi connectivity index (χ1v) is 5.56. The molecule has 9 heteroatoms. The average Bonchev–Trinajstić information content (AvgIpc) is 2.69. The highest BCUT2D eigenvalue weighted by Gasteiger charge is 2.55. The van der Waals surface area contributed by atoms with E-state index in [0.717, 1.165) is 19.3 Å². The fourth-order valence-corrected chi connectivity index (χ4v) is 2.07. The van der Waals surface area contributed by atoms with Gasteiger partial charge in [-0.15, -0.1) is 0 Å². The van der Waals surface area contributed by atoms with Gasteiger partial charge in [-0.1, -0.05) is 0 Å². The number of aliphatic hydroxyl groups excluding tert-OH is 3. The molecule has 0 aromatic carbocycles. The fraction of sp³-hybridized carbons (Fsp3) is 0.600. The molecule has 0 bridgehead atoms. The number of rotatable bonds is 2. The Hall–Kier alpha value is -1.36. The summed E-state index contributed by atoms with van der Waals surface area (Å²) in [6, 6.07) is -1.14. The van der Waals surface area contributed by atoms with E-state index in [1.165, 1.54) is 0 Å². The summed E-state index contributed by atoms with van der Waals surface area (Å²) in [6.45, 7) is -0.610. The largest absolute Gasteiger partial charge is 0.617 e. The molecule has 106 valence electrons. The number of nitrogens with zero attached hydrogens (tertiary/aromatic N) is 2. The van der Waals surface area contributed by atoms with E-state index in [1.54, 1.807) is 0 Å². The lowest BCUT2D eigenvalue weighted by molar-refractivity contribution is -0.810. The third-order valence-corrected chi connectivity index (χ3v) is 3.25. The zero-order valence-corrected chi connectivity index (χ0v) is 10.0. The molecule has 9 nitrogen and oxygen atoms in total. The highest BCUT2D eigenvalue weighted by Crippen LogP contribution is 2.31. The van der Waals surface area contributed by atoms with Crippen molar-refractivity contribution in [1.82, 2.24) is 4.90 Å². The number of likely N-dealkylation sites (N-methyl/N-ethyl adjacent to an activating group) is 1. The lowest BCUT2D eigenvalue weighted by atomic mass is 10.1. The number of amides is 3. The maximum Gasteiger partial charge on any atom is 0.432 e. The van der Waals surface area contributed by atoms with Gasteiger partial charge in [0.05, 0.1) is 12.7 Å². The topological polar surface area (TPSA) is 130 Å². The van der Waals surface area contributed by atoms with Crippen LogP contribution in [0.5, 0.6) is 0 Å². The number of aliphatic hydroxyl groups is 3. The molecule has 3 amide bonds. The molecule has 19 heavy (non-hydrogen) atoms. The average molecular weight is 274 g/mol. The van der Waals surface area contributed by atoms with Crippen molar-refractivity contribution in [1.29, 1.82) is 0 Å². The number of imide groups is 1. The van der Waals surface area contributed by atoms with Gasteiger partial charge in [-0.3, -0.25) is 4.79 Å². The molecular weight excluding hydrogens is 260 g/mol. The number of hydrogen-bond donors (Lipinski definition) is 3. The second kappa shape index (κ2) is 4.63. The van der Waals surface area contributed by atoms with Gasteiger partial charge in [0.25, 0.3) is 5.91 Å². The Morgan fingerprint density at radius 3 is 2.58 bits per heavy atom. The Bertz CT molecular complexity index is 440. The maximum absolute atomic E-state index is 12.5. The Labute approximate surface area is 108 Å². The standard InChI is InChI=1S/C10H14N2O7/c1-11-6(14)2-3-12(18,10(11)17)9-8(16)7(15)5(4-13)19-9/h2-3,5,7-9,13,15-16H,4H2,1H3/t5-,7-,8-,9-,12?/m1/s1. The van der Waals surface area contributed by atoms with E-state index < -0.39 is 47.7 Å². The number of hydroxylamine groups is 3. The van der Waals surface area contributed by atoms with Crippen molar-refractivity contribution in [2.24, 2.45) is 0 Å². The van der Waals surface area contributed by atoms with Gasteiger partial charge >= 0.3 is 6.03 Å². The summed E-state index contributed by atoms with van der Waals surface area (Å²) in [5.41, 5.74) is 0. The van der Waals surface area contributed by atoms with Gasteiger partial charge in [0.2, 0.25) is 6.23 Å². The van der Waals surface area contributed by atoms with Crippen LogP contribution in [0.4, 0.5) is 4.79 Å². The van der Waals surface area contributed by atoms with Crippen LogP contribution in [0, 0.1) is 5.21 Å². The molecule has 0 spiro atoms. The zero-order chi connectivity index (χ0) is 14.4. The van der Waals surface area contributed by atoms with E-state index in [2.05, 4.69) is 0 Å². The molecule has 5 atom stereocenters. The summed E-state index contributed by atoms with van der Waals surface area (Å²) in [6.07, 6.45) is -4.28. The minimum Gasteiger partial charge on any atom is -0.617 e. The molecule has 2 heterocycles. The van der Waals surface area contributed by atoms with E-state index in [1.807, 2.05) is 0 Å². The molecule has 0 aromatic rings. The number of urea groups is 1. The summed E-state index contributed by atoms with van der Waals surface area (Å²) < 4.78 is 3.28. The first-order chi connectivity index (χ1) is 8.82. The Morgan fingerprint density at radius 1 is 1.42 bits per heavy atom. The quantitative estimate of drug-likeness (QED) is 0.386. The number of hydrogen-bond acceptors (Lipinski definition) is 7. The van der Waals surface area contributed by atoms with Crippen LogP contribution in [0.25, 0.3) is 0 Å². The zero-order valence-electron chi connectivity index (χ0n) is 10.0. The number of carbonyl (C=O) groups excluding carboxylic acids is 2. The van der Waals surface area contributed by atoms with Crippen LogP contribution >= 0.6 is 0 Å². The van der Waals surface area contributed by atoms with Crippen LogP contribution in [-0.2, 0) is 9.53 Å². The van der Waals surface area contributed by atoms with Gasteiger partial charge in [0, 0.05) is 7.05 Å². The fourth-order valence-electron chi connectivity index (χ4n) is 2.07. The summed E-state index contributed by atoms with van der Waals surface area (Å²) in [5.74, 6) is -0.665. The number of carbonyl (C=O) groups is 2. The molecular formula is C10H14N2O7. The van der Waals surface area contributed by atoms with E-state index in [9.17, 15) is 25.0 Å². The summed E-state index contributed by atoms with van der Waals surface area (Å²) >= 11 is 0. The molecule has 0 radical (unpaired) electrons. The smallest absolute Gasteiger partial charge is 0.432 e. The molecule has 1 unspecified atom stereocenters. The van der Waals surface area contributed by atoms with Crippen molar-refractivity contribution in [2.75, 3.05) is 13.7 Å². The molecule has 1 saturated heterocycles. The lowest BCUT2D eigenvalue weighted by Crippen LogP contribution is -2.62. The normalized spacial score (nSPS) is 43.1. The Morgan fingerprint density at radius 2 is 2.05 bits per heavy atom. The van der Waals surface area contributed by atoms with Crippen LogP contribution in [0.2, 0.25) is 0 Å². The summed E-state index contributed by atoms with van der Waals surface area (Å²) in [7, 11) is 1.13. The number of quaternary nitrogens is 1. The highest BCUT2D eigenvalue weighted by atomic mass is 16.7. The van der Waals surface area contributed by atoms with Crippen molar-refractivity contribution < 1.29 is 34.3 Å².